The van der Waals surface area contributed by atoms with Crippen molar-refractivity contribution in [2.24, 2.45) is 0 Å². The molecule has 2 amide bonds. The van der Waals surface area contributed by atoms with Crippen molar-refractivity contribution in [3.63, 3.8) is 0 Å². The van der Waals surface area contributed by atoms with E-state index in [4.69, 9.17) is 4.98 Å². The molecule has 0 aliphatic heterocycles. The Morgan fingerprint density at radius 3 is 2.50 bits per heavy atom. The van der Waals surface area contributed by atoms with Crippen LogP contribution in [-0.2, 0) is 6.42 Å². The zero-order valence-electron chi connectivity index (χ0n) is 21.7. The summed E-state index contributed by atoms with van der Waals surface area (Å²) in [6.07, 6.45) is 8.55. The van der Waals surface area contributed by atoms with Crippen LogP contribution in [0.2, 0.25) is 0 Å². The summed E-state index contributed by atoms with van der Waals surface area (Å²) in [6.45, 7) is 2.16. The summed E-state index contributed by atoms with van der Waals surface area (Å²) >= 11 is 0. The molecule has 1 aromatic heterocycles. The molecule has 0 atom stereocenters. The van der Waals surface area contributed by atoms with Gasteiger partial charge in [0.1, 0.15) is 5.82 Å². The van der Waals surface area contributed by atoms with Crippen molar-refractivity contribution in [1.82, 2.24) is 14.9 Å². The zero-order chi connectivity index (χ0) is 26.5. The Labute approximate surface area is 222 Å². The Kier molecular flexibility index (Phi) is 7.73. The molecule has 7 heteroatoms. The van der Waals surface area contributed by atoms with Crippen LogP contribution < -0.4 is 10.6 Å². The van der Waals surface area contributed by atoms with Gasteiger partial charge < -0.3 is 15.7 Å². The molecule has 1 aliphatic carbocycles. The minimum atomic E-state index is -0.945. The molecule has 1 fully saturated rings. The van der Waals surface area contributed by atoms with Crippen molar-refractivity contribution < 1.29 is 14.7 Å². The van der Waals surface area contributed by atoms with Gasteiger partial charge in [0.25, 0.3) is 0 Å². The van der Waals surface area contributed by atoms with Gasteiger partial charge in [-0.1, -0.05) is 62.9 Å². The summed E-state index contributed by atoms with van der Waals surface area (Å²) < 4.78 is 2.14. The molecule has 38 heavy (non-hydrogen) atoms. The van der Waals surface area contributed by atoms with Crippen LogP contribution in [0.15, 0.2) is 66.7 Å². The van der Waals surface area contributed by atoms with Gasteiger partial charge in [0.15, 0.2) is 0 Å². The number of unbranched alkanes of at least 4 members (excludes halogenated alkanes) is 1. The van der Waals surface area contributed by atoms with Crippen molar-refractivity contribution in [2.75, 3.05) is 5.32 Å². The van der Waals surface area contributed by atoms with E-state index in [1.54, 1.807) is 12.1 Å². The predicted molar refractivity (Wildman–Crippen MR) is 151 cm³/mol. The lowest BCUT2D eigenvalue weighted by Crippen LogP contribution is -2.39. The monoisotopic (exact) mass is 510 g/mol. The minimum Gasteiger partial charge on any atom is -0.478 e. The van der Waals surface area contributed by atoms with E-state index in [0.717, 1.165) is 78.7 Å². The summed E-state index contributed by atoms with van der Waals surface area (Å²) in [6, 6.07) is 20.8. The smallest absolute Gasteiger partial charge is 0.336 e. The van der Waals surface area contributed by atoms with Crippen LogP contribution >= 0.6 is 0 Å². The zero-order valence-corrected chi connectivity index (χ0v) is 21.7. The lowest BCUT2D eigenvalue weighted by molar-refractivity contribution is 0.0697. The van der Waals surface area contributed by atoms with Crippen LogP contribution in [0, 0.1) is 0 Å². The van der Waals surface area contributed by atoms with Gasteiger partial charge in [0.05, 0.1) is 16.6 Å². The van der Waals surface area contributed by atoms with Crippen molar-refractivity contribution in [3.05, 3.63) is 78.1 Å². The van der Waals surface area contributed by atoms with Gasteiger partial charge in [-0.15, -0.1) is 0 Å². The quantitative estimate of drug-likeness (QED) is 0.234. The molecule has 0 saturated heterocycles. The summed E-state index contributed by atoms with van der Waals surface area (Å²) in [5, 5.41) is 15.7. The normalized spacial score (nSPS) is 13.9. The number of rotatable bonds is 8. The number of aromatic nitrogens is 2. The molecule has 0 unspecified atom stereocenters. The molecule has 3 N–H and O–H groups in total. The summed E-state index contributed by atoms with van der Waals surface area (Å²) in [5.41, 5.74) is 5.26. The summed E-state index contributed by atoms with van der Waals surface area (Å²) in [4.78, 5) is 29.3. The largest absolute Gasteiger partial charge is 0.478 e. The van der Waals surface area contributed by atoms with E-state index < -0.39 is 5.97 Å². The maximum atomic E-state index is 12.7. The highest BCUT2D eigenvalue weighted by atomic mass is 16.4. The van der Waals surface area contributed by atoms with Crippen molar-refractivity contribution in [1.29, 1.82) is 0 Å². The number of hydrogen-bond acceptors (Lipinski definition) is 3. The van der Waals surface area contributed by atoms with Gasteiger partial charge in [-0.05, 0) is 66.8 Å². The van der Waals surface area contributed by atoms with E-state index in [2.05, 4.69) is 22.1 Å². The van der Waals surface area contributed by atoms with Crippen molar-refractivity contribution in [3.8, 4) is 16.8 Å². The van der Waals surface area contributed by atoms with Crippen LogP contribution in [0.5, 0.6) is 0 Å². The van der Waals surface area contributed by atoms with Gasteiger partial charge in [0, 0.05) is 23.8 Å². The average molecular weight is 511 g/mol. The van der Waals surface area contributed by atoms with Crippen LogP contribution in [0.1, 0.15) is 68.1 Å². The third kappa shape index (κ3) is 5.57. The number of imidazole rings is 1. The Hall–Kier alpha value is -4.13. The number of carboxylic acid groups (broad SMARTS) is 1. The highest BCUT2D eigenvalue weighted by Gasteiger charge is 2.18. The molecule has 5 rings (SSSR count). The van der Waals surface area contributed by atoms with E-state index in [9.17, 15) is 14.7 Å². The second kappa shape index (κ2) is 11.5. The fourth-order valence-corrected chi connectivity index (χ4v) is 5.30. The minimum absolute atomic E-state index is 0.171. The molecule has 7 nitrogen and oxygen atoms in total. The number of amides is 2. The number of benzene rings is 3. The third-order valence-corrected chi connectivity index (χ3v) is 7.27. The highest BCUT2D eigenvalue weighted by molar-refractivity contribution is 5.96. The fourth-order valence-electron chi connectivity index (χ4n) is 5.30. The molecule has 1 aliphatic rings. The Morgan fingerprint density at radius 1 is 1.00 bits per heavy atom. The fraction of sp³-hybridized carbons (Fsp3) is 0.323. The number of nitrogens with zero attached hydrogens (tertiary/aromatic N) is 2. The number of anilines is 1. The highest BCUT2D eigenvalue weighted by Crippen LogP contribution is 2.29. The number of urea groups is 1. The number of carbonyl (C=O) groups excluding carboxylic acids is 1. The van der Waals surface area contributed by atoms with Gasteiger partial charge in [0.2, 0.25) is 0 Å². The molecule has 0 radical (unpaired) electrons. The standard InChI is InChI=1S/C31H34N4O3/c1-2-3-13-29-34-27-19-16-23(33-31(38)32-22-9-5-4-6-10-22)20-28(27)35(29)24-17-14-21(15-18-24)25-11-7-8-12-26(25)30(36)37/h7-8,11-12,14-20,22H,2-6,9-10,13H2,1H3,(H,36,37)(H2,32,33,38). The summed E-state index contributed by atoms with van der Waals surface area (Å²) in [7, 11) is 0. The van der Waals surface area contributed by atoms with Crippen molar-refractivity contribution in [2.45, 2.75) is 64.3 Å². The van der Waals surface area contributed by atoms with Gasteiger partial charge in [-0.3, -0.25) is 4.57 Å². The number of nitrogens with one attached hydrogen (secondary N) is 2. The van der Waals surface area contributed by atoms with Gasteiger partial charge in [-0.2, -0.15) is 0 Å². The maximum Gasteiger partial charge on any atom is 0.336 e. The lowest BCUT2D eigenvalue weighted by atomic mass is 9.96. The molecule has 1 heterocycles. The number of aromatic carboxylic acids is 1. The predicted octanol–water partition coefficient (Wildman–Crippen LogP) is 7.19. The third-order valence-electron chi connectivity index (χ3n) is 7.27. The number of hydrogen-bond donors (Lipinski definition) is 3. The Morgan fingerprint density at radius 2 is 1.76 bits per heavy atom. The number of carboxylic acids is 1. The Bertz CT molecular complexity index is 1440. The molecular weight excluding hydrogens is 476 g/mol. The van der Waals surface area contributed by atoms with Crippen LogP contribution in [0.4, 0.5) is 10.5 Å². The maximum absolute atomic E-state index is 12.7. The number of carbonyl (C=O) groups is 2. The van der Waals surface area contributed by atoms with E-state index in [1.807, 2.05) is 54.6 Å². The van der Waals surface area contributed by atoms with Crippen LogP contribution in [-0.4, -0.2) is 32.7 Å². The first-order valence-electron chi connectivity index (χ1n) is 13.6. The average Bonchev–Trinajstić information content (AvgIpc) is 3.30. The van der Waals surface area contributed by atoms with E-state index >= 15 is 0 Å². The van der Waals surface area contributed by atoms with Crippen LogP contribution in [0.25, 0.3) is 27.8 Å². The van der Waals surface area contributed by atoms with Gasteiger partial charge in [-0.25, -0.2) is 14.6 Å². The van der Waals surface area contributed by atoms with Crippen LogP contribution in [0.3, 0.4) is 0 Å². The second-order valence-corrected chi connectivity index (χ2v) is 10.0. The first-order valence-corrected chi connectivity index (χ1v) is 13.6. The lowest BCUT2D eigenvalue weighted by Gasteiger charge is -2.22. The first-order chi connectivity index (χ1) is 18.5. The SMILES string of the molecule is CCCCc1nc2ccc(NC(=O)NC3CCCCC3)cc2n1-c1ccc(-c2ccccc2C(=O)O)cc1. The second-order valence-electron chi connectivity index (χ2n) is 10.0. The molecule has 1 saturated carbocycles. The van der Waals surface area contributed by atoms with E-state index in [1.165, 1.54) is 6.42 Å². The molecule has 3 aromatic carbocycles. The molecule has 0 spiro atoms. The molecule has 0 bridgehead atoms. The molecular formula is C31H34N4O3. The van der Waals surface area contributed by atoms with E-state index in [-0.39, 0.29) is 17.6 Å². The molecule has 196 valence electrons. The van der Waals surface area contributed by atoms with Crippen molar-refractivity contribution >= 4 is 28.7 Å². The Balaban J connectivity index is 1.46. The van der Waals surface area contributed by atoms with Gasteiger partial charge >= 0.3 is 12.0 Å². The molecule has 4 aromatic rings. The topological polar surface area (TPSA) is 96.3 Å². The van der Waals surface area contributed by atoms with E-state index in [0.29, 0.717) is 5.56 Å². The first kappa shape index (κ1) is 25.5. The number of aryl methyl sites for hydroxylation is 1. The number of fused-ring (bicyclic) bond motifs is 1. The summed E-state index contributed by atoms with van der Waals surface area (Å²) in [5.74, 6) is 0.0176.